The summed E-state index contributed by atoms with van der Waals surface area (Å²) in [6.45, 7) is 1.71. The van der Waals surface area contributed by atoms with Gasteiger partial charge in [-0.1, -0.05) is 0 Å². The second-order valence-electron chi connectivity index (χ2n) is 5.72. The lowest BCUT2D eigenvalue weighted by atomic mass is 10.3. The van der Waals surface area contributed by atoms with Crippen LogP contribution in [0.3, 0.4) is 0 Å². The highest BCUT2D eigenvalue weighted by Crippen LogP contribution is 2.16. The maximum atomic E-state index is 12.4. The molecule has 1 N–H and O–H groups in total. The van der Waals surface area contributed by atoms with Crippen molar-refractivity contribution < 1.29 is 17.9 Å². The molecule has 0 unspecified atom stereocenters. The molecule has 0 spiro atoms. The van der Waals surface area contributed by atoms with Crippen LogP contribution in [0, 0.1) is 6.92 Å². The zero-order valence-electron chi connectivity index (χ0n) is 14.6. The summed E-state index contributed by atoms with van der Waals surface area (Å²) in [6, 6.07) is 5.99. The molecular weight excluding hydrogens is 390 g/mol. The summed E-state index contributed by atoms with van der Waals surface area (Å²) in [5.41, 5.74) is -0.619. The molecule has 3 aromatic rings. The topological polar surface area (TPSA) is 107 Å². The summed E-state index contributed by atoms with van der Waals surface area (Å²) in [4.78, 5) is 30.2. The third-order valence-electron chi connectivity index (χ3n) is 3.84. The Morgan fingerprint density at radius 3 is 2.67 bits per heavy atom. The van der Waals surface area contributed by atoms with Crippen molar-refractivity contribution in [1.29, 1.82) is 0 Å². The number of hydrogen-bond acceptors (Lipinski definition) is 7. The SMILES string of the molecule is COc1ccc(S(=O)(=O)CCNC(=O)c2cnc3sc(C)cn3c2=O)cc1. The van der Waals surface area contributed by atoms with Gasteiger partial charge in [0.15, 0.2) is 14.8 Å². The highest BCUT2D eigenvalue weighted by atomic mass is 32.2. The van der Waals surface area contributed by atoms with E-state index in [4.69, 9.17) is 4.74 Å². The van der Waals surface area contributed by atoms with E-state index >= 15 is 0 Å². The van der Waals surface area contributed by atoms with Gasteiger partial charge in [-0.05, 0) is 31.2 Å². The van der Waals surface area contributed by atoms with Gasteiger partial charge in [0.1, 0.15) is 11.3 Å². The van der Waals surface area contributed by atoms with E-state index < -0.39 is 21.3 Å². The lowest BCUT2D eigenvalue weighted by Gasteiger charge is -2.07. The molecule has 0 bridgehead atoms. The molecule has 0 aliphatic rings. The van der Waals surface area contributed by atoms with E-state index in [2.05, 4.69) is 10.3 Å². The standard InChI is InChI=1S/C17H17N3O5S2/c1-11-10-20-16(22)14(9-19-17(20)26-11)15(21)18-7-8-27(23,24)13-5-3-12(25-2)4-6-13/h3-6,9-10H,7-8H2,1-2H3,(H,18,21). The minimum atomic E-state index is -3.57. The molecular formula is C17H17N3O5S2. The number of nitrogens with zero attached hydrogens (tertiary/aromatic N) is 2. The Morgan fingerprint density at radius 2 is 2.00 bits per heavy atom. The second-order valence-corrected chi connectivity index (χ2v) is 9.04. The van der Waals surface area contributed by atoms with Crippen LogP contribution in [0.25, 0.3) is 4.96 Å². The van der Waals surface area contributed by atoms with Gasteiger partial charge in [0.25, 0.3) is 11.5 Å². The van der Waals surface area contributed by atoms with Crippen LogP contribution in [-0.4, -0.2) is 43.1 Å². The number of ether oxygens (including phenoxy) is 1. The molecule has 3 rings (SSSR count). The van der Waals surface area contributed by atoms with Gasteiger partial charge in [0.05, 0.1) is 17.8 Å². The minimum Gasteiger partial charge on any atom is -0.497 e. The zero-order valence-corrected chi connectivity index (χ0v) is 16.3. The number of benzene rings is 1. The summed E-state index contributed by atoms with van der Waals surface area (Å²) < 4.78 is 31.0. The number of fused-ring (bicyclic) bond motifs is 1. The van der Waals surface area contributed by atoms with Gasteiger partial charge in [-0.2, -0.15) is 0 Å². The van der Waals surface area contributed by atoms with Crippen molar-refractivity contribution in [3.05, 3.63) is 57.5 Å². The van der Waals surface area contributed by atoms with Gasteiger partial charge < -0.3 is 10.1 Å². The Kier molecular flexibility index (Phi) is 5.29. The van der Waals surface area contributed by atoms with E-state index in [0.717, 1.165) is 4.88 Å². The molecule has 10 heteroatoms. The van der Waals surface area contributed by atoms with Gasteiger partial charge in [-0.15, -0.1) is 11.3 Å². The summed E-state index contributed by atoms with van der Waals surface area (Å²) >= 11 is 1.34. The molecule has 0 saturated heterocycles. The highest BCUT2D eigenvalue weighted by Gasteiger charge is 2.17. The molecule has 0 aliphatic heterocycles. The fourth-order valence-electron chi connectivity index (χ4n) is 2.45. The number of sulfone groups is 1. The van der Waals surface area contributed by atoms with Crippen molar-refractivity contribution >= 4 is 32.0 Å². The zero-order chi connectivity index (χ0) is 19.6. The molecule has 0 saturated carbocycles. The molecule has 0 aliphatic carbocycles. The summed E-state index contributed by atoms with van der Waals surface area (Å²) in [5.74, 6) is -0.399. The van der Waals surface area contributed by atoms with Crippen LogP contribution in [0.5, 0.6) is 5.75 Å². The number of thiazole rings is 1. The van der Waals surface area contributed by atoms with Crippen LogP contribution in [0.1, 0.15) is 15.2 Å². The Bertz CT molecular complexity index is 1150. The van der Waals surface area contributed by atoms with Gasteiger partial charge in [0.2, 0.25) is 0 Å². The van der Waals surface area contributed by atoms with E-state index in [1.54, 1.807) is 18.3 Å². The van der Waals surface area contributed by atoms with Gasteiger partial charge in [-0.25, -0.2) is 13.4 Å². The van der Waals surface area contributed by atoms with Crippen LogP contribution in [0.4, 0.5) is 0 Å². The monoisotopic (exact) mass is 407 g/mol. The number of carbonyl (C=O) groups excluding carboxylic acids is 1. The number of amides is 1. The van der Waals surface area contributed by atoms with Crippen molar-refractivity contribution in [1.82, 2.24) is 14.7 Å². The van der Waals surface area contributed by atoms with Crippen LogP contribution < -0.4 is 15.6 Å². The first-order chi connectivity index (χ1) is 12.8. The molecule has 1 aromatic carbocycles. The Labute approximate surface area is 159 Å². The van der Waals surface area contributed by atoms with Crippen LogP contribution in [0.15, 0.2) is 46.3 Å². The second kappa shape index (κ2) is 7.49. The highest BCUT2D eigenvalue weighted by molar-refractivity contribution is 7.91. The lowest BCUT2D eigenvalue weighted by Crippen LogP contribution is -2.34. The molecule has 27 heavy (non-hydrogen) atoms. The van der Waals surface area contributed by atoms with Crippen LogP contribution >= 0.6 is 11.3 Å². The van der Waals surface area contributed by atoms with E-state index in [0.29, 0.717) is 10.7 Å². The first-order valence-electron chi connectivity index (χ1n) is 7.94. The normalized spacial score (nSPS) is 11.5. The van der Waals surface area contributed by atoms with Gasteiger partial charge >= 0.3 is 0 Å². The lowest BCUT2D eigenvalue weighted by molar-refractivity contribution is 0.0954. The van der Waals surface area contributed by atoms with E-state index in [1.165, 1.54) is 41.2 Å². The fourth-order valence-corrected chi connectivity index (χ4v) is 4.39. The number of carbonyl (C=O) groups is 1. The first-order valence-corrected chi connectivity index (χ1v) is 10.4. The Balaban J connectivity index is 1.68. The minimum absolute atomic E-state index is 0.127. The van der Waals surface area contributed by atoms with Gasteiger partial charge in [0, 0.05) is 23.8 Å². The summed E-state index contributed by atoms with van der Waals surface area (Å²) in [7, 11) is -2.08. The van der Waals surface area contributed by atoms with Gasteiger partial charge in [-0.3, -0.25) is 14.0 Å². The number of hydrogen-bond donors (Lipinski definition) is 1. The first kappa shape index (κ1) is 19.1. The fraction of sp³-hybridized carbons (Fsp3) is 0.235. The molecule has 142 valence electrons. The third kappa shape index (κ3) is 4.01. The largest absolute Gasteiger partial charge is 0.497 e. The molecule has 8 nitrogen and oxygen atoms in total. The molecule has 2 heterocycles. The van der Waals surface area contributed by atoms with E-state index in [-0.39, 0.29) is 22.8 Å². The van der Waals surface area contributed by atoms with Crippen LogP contribution in [0.2, 0.25) is 0 Å². The Hall–Kier alpha value is -2.72. The van der Waals surface area contributed by atoms with Crippen LogP contribution in [-0.2, 0) is 9.84 Å². The van der Waals surface area contributed by atoms with Crippen molar-refractivity contribution in [2.24, 2.45) is 0 Å². The van der Waals surface area contributed by atoms with E-state index in [9.17, 15) is 18.0 Å². The molecule has 0 fully saturated rings. The number of rotatable bonds is 6. The number of aromatic nitrogens is 2. The van der Waals surface area contributed by atoms with Crippen molar-refractivity contribution in [2.75, 3.05) is 19.4 Å². The molecule has 1 amide bonds. The predicted octanol–water partition coefficient (Wildman–Crippen LogP) is 1.28. The maximum absolute atomic E-state index is 12.4. The number of methoxy groups -OCH3 is 1. The summed E-state index contributed by atoms with van der Waals surface area (Å²) in [5, 5.41) is 2.47. The molecule has 2 aromatic heterocycles. The van der Waals surface area contributed by atoms with E-state index in [1.807, 2.05) is 6.92 Å². The predicted molar refractivity (Wildman–Crippen MR) is 101 cm³/mol. The maximum Gasteiger partial charge on any atom is 0.271 e. The average Bonchev–Trinajstić information content (AvgIpc) is 3.03. The smallest absolute Gasteiger partial charge is 0.271 e. The molecule has 0 radical (unpaired) electrons. The quantitative estimate of drug-likeness (QED) is 0.660. The Morgan fingerprint density at radius 1 is 1.30 bits per heavy atom. The number of aryl methyl sites for hydroxylation is 1. The average molecular weight is 407 g/mol. The third-order valence-corrected chi connectivity index (χ3v) is 6.49. The number of nitrogens with one attached hydrogen (secondary N) is 1. The van der Waals surface area contributed by atoms with Crippen molar-refractivity contribution in [3.8, 4) is 5.75 Å². The van der Waals surface area contributed by atoms with Crippen molar-refractivity contribution in [3.63, 3.8) is 0 Å². The molecule has 0 atom stereocenters. The van der Waals surface area contributed by atoms with Crippen molar-refractivity contribution in [2.45, 2.75) is 11.8 Å². The summed E-state index contributed by atoms with van der Waals surface area (Å²) in [6.07, 6.45) is 2.82.